The second-order valence-electron chi connectivity index (χ2n) is 5.26. The molecule has 0 saturated carbocycles. The van der Waals surface area contributed by atoms with Gasteiger partial charge in [0.25, 0.3) is 0 Å². The van der Waals surface area contributed by atoms with Gasteiger partial charge >= 0.3 is 5.97 Å². The average molecular weight is 288 g/mol. The van der Waals surface area contributed by atoms with Gasteiger partial charge in [-0.15, -0.1) is 0 Å². The van der Waals surface area contributed by atoms with Gasteiger partial charge in [-0.25, -0.2) is 0 Å². The largest absolute Gasteiger partial charge is 0.481 e. The van der Waals surface area contributed by atoms with Gasteiger partial charge in [0.2, 0.25) is 5.91 Å². The van der Waals surface area contributed by atoms with Crippen molar-refractivity contribution in [2.75, 3.05) is 13.6 Å². The number of carbonyl (C=O) groups is 2. The lowest BCUT2D eigenvalue weighted by molar-refractivity contribution is -0.138. The summed E-state index contributed by atoms with van der Waals surface area (Å²) in [5.74, 6) is -0.823. The predicted octanol–water partition coefficient (Wildman–Crippen LogP) is 2.34. The van der Waals surface area contributed by atoms with Crippen molar-refractivity contribution in [2.24, 2.45) is 0 Å². The second kappa shape index (κ2) is 6.43. The number of nitrogens with one attached hydrogen (secondary N) is 1. The number of amides is 1. The molecule has 0 atom stereocenters. The maximum atomic E-state index is 12.2. The summed E-state index contributed by atoms with van der Waals surface area (Å²) < 4.78 is 0. The van der Waals surface area contributed by atoms with Crippen LogP contribution in [0.1, 0.15) is 24.1 Å². The molecule has 0 aliphatic heterocycles. The number of aromatic amines is 1. The zero-order chi connectivity index (χ0) is 15.4. The van der Waals surface area contributed by atoms with Crippen LogP contribution in [-0.2, 0) is 16.0 Å². The quantitative estimate of drug-likeness (QED) is 0.857. The molecule has 0 aliphatic rings. The molecule has 5 heteroatoms. The van der Waals surface area contributed by atoms with Crippen LogP contribution >= 0.6 is 0 Å². The Labute approximate surface area is 123 Å². The smallest absolute Gasteiger partial charge is 0.303 e. The van der Waals surface area contributed by atoms with Gasteiger partial charge in [-0.2, -0.15) is 0 Å². The minimum absolute atomic E-state index is 0.00763. The molecule has 0 spiro atoms. The summed E-state index contributed by atoms with van der Waals surface area (Å²) in [4.78, 5) is 27.6. The fraction of sp³-hybridized carbons (Fsp3) is 0.375. The van der Waals surface area contributed by atoms with Crippen LogP contribution in [0, 0.1) is 6.92 Å². The number of aliphatic carboxylic acids is 1. The van der Waals surface area contributed by atoms with Gasteiger partial charge in [0, 0.05) is 36.6 Å². The van der Waals surface area contributed by atoms with E-state index in [1.807, 2.05) is 31.2 Å². The Bertz CT molecular complexity index is 661. The molecule has 0 bridgehead atoms. The lowest BCUT2D eigenvalue weighted by Gasteiger charge is -2.16. The van der Waals surface area contributed by atoms with E-state index in [9.17, 15) is 9.59 Å². The average Bonchev–Trinajstić information content (AvgIpc) is 2.74. The zero-order valence-corrected chi connectivity index (χ0v) is 12.3. The van der Waals surface area contributed by atoms with E-state index in [0.717, 1.165) is 22.2 Å². The third-order valence-corrected chi connectivity index (χ3v) is 3.66. The summed E-state index contributed by atoms with van der Waals surface area (Å²) in [6, 6.07) is 7.92. The van der Waals surface area contributed by atoms with Gasteiger partial charge in [0.1, 0.15) is 0 Å². The fourth-order valence-electron chi connectivity index (χ4n) is 2.44. The SMILES string of the molecule is Cc1[nH]c2ccccc2c1CC(=O)N(C)CCCC(=O)O. The first-order valence-corrected chi connectivity index (χ1v) is 7.01. The number of aromatic nitrogens is 1. The van der Waals surface area contributed by atoms with Crippen LogP contribution in [-0.4, -0.2) is 40.5 Å². The molecule has 0 saturated heterocycles. The van der Waals surface area contributed by atoms with E-state index in [-0.39, 0.29) is 12.3 Å². The van der Waals surface area contributed by atoms with Crippen LogP contribution in [0.25, 0.3) is 10.9 Å². The minimum atomic E-state index is -0.830. The first-order chi connectivity index (χ1) is 9.99. The summed E-state index contributed by atoms with van der Waals surface area (Å²) in [5.41, 5.74) is 3.05. The highest BCUT2D eigenvalue weighted by Gasteiger charge is 2.15. The third kappa shape index (κ3) is 3.62. The van der Waals surface area contributed by atoms with Crippen LogP contribution < -0.4 is 0 Å². The molecule has 2 aromatic rings. The van der Waals surface area contributed by atoms with Crippen LogP contribution in [0.4, 0.5) is 0 Å². The number of hydrogen-bond donors (Lipinski definition) is 2. The summed E-state index contributed by atoms with van der Waals surface area (Å²) in [5, 5.41) is 9.69. The lowest BCUT2D eigenvalue weighted by atomic mass is 10.1. The number of H-pyrrole nitrogens is 1. The Hall–Kier alpha value is -2.30. The zero-order valence-electron chi connectivity index (χ0n) is 12.3. The number of fused-ring (bicyclic) bond motifs is 1. The van der Waals surface area contributed by atoms with Crippen molar-refractivity contribution < 1.29 is 14.7 Å². The van der Waals surface area contributed by atoms with Crippen LogP contribution in [0.2, 0.25) is 0 Å². The topological polar surface area (TPSA) is 73.4 Å². The van der Waals surface area contributed by atoms with Crippen molar-refractivity contribution in [2.45, 2.75) is 26.2 Å². The van der Waals surface area contributed by atoms with E-state index < -0.39 is 5.97 Å². The highest BCUT2D eigenvalue weighted by atomic mass is 16.4. The number of carboxylic acid groups (broad SMARTS) is 1. The van der Waals surface area contributed by atoms with E-state index in [1.54, 1.807) is 11.9 Å². The Morgan fingerprint density at radius 1 is 1.29 bits per heavy atom. The summed E-state index contributed by atoms with van der Waals surface area (Å²) >= 11 is 0. The predicted molar refractivity (Wildman–Crippen MR) is 81.2 cm³/mol. The standard InChI is InChI=1S/C16H20N2O3/c1-11-13(12-6-3-4-7-14(12)17-11)10-15(19)18(2)9-5-8-16(20)21/h3-4,6-7,17H,5,8-10H2,1-2H3,(H,20,21). The van der Waals surface area contributed by atoms with Crippen LogP contribution in [0.15, 0.2) is 24.3 Å². The van der Waals surface area contributed by atoms with Crippen molar-refractivity contribution in [1.82, 2.24) is 9.88 Å². The molecule has 1 aromatic carbocycles. The third-order valence-electron chi connectivity index (χ3n) is 3.66. The molecule has 5 nitrogen and oxygen atoms in total. The Morgan fingerprint density at radius 3 is 2.71 bits per heavy atom. The number of carboxylic acids is 1. The summed E-state index contributed by atoms with van der Waals surface area (Å²) in [7, 11) is 1.72. The van der Waals surface area contributed by atoms with Crippen molar-refractivity contribution in [1.29, 1.82) is 0 Å². The lowest BCUT2D eigenvalue weighted by Crippen LogP contribution is -2.29. The first-order valence-electron chi connectivity index (χ1n) is 7.01. The number of para-hydroxylation sites is 1. The highest BCUT2D eigenvalue weighted by molar-refractivity contribution is 5.90. The van der Waals surface area contributed by atoms with Crippen molar-refractivity contribution in [3.63, 3.8) is 0 Å². The minimum Gasteiger partial charge on any atom is -0.481 e. The van der Waals surface area contributed by atoms with Gasteiger partial charge in [-0.05, 0) is 25.0 Å². The molecule has 0 fully saturated rings. The Kier molecular flexibility index (Phi) is 4.62. The molecule has 0 radical (unpaired) electrons. The highest BCUT2D eigenvalue weighted by Crippen LogP contribution is 2.22. The molecule has 21 heavy (non-hydrogen) atoms. The summed E-state index contributed by atoms with van der Waals surface area (Å²) in [6.45, 7) is 2.43. The molecule has 0 unspecified atom stereocenters. The number of carbonyl (C=O) groups excluding carboxylic acids is 1. The fourth-order valence-corrected chi connectivity index (χ4v) is 2.44. The maximum Gasteiger partial charge on any atom is 0.303 e. The number of hydrogen-bond acceptors (Lipinski definition) is 2. The molecule has 112 valence electrons. The van der Waals surface area contributed by atoms with Gasteiger partial charge in [-0.1, -0.05) is 18.2 Å². The van der Waals surface area contributed by atoms with E-state index in [2.05, 4.69) is 4.98 Å². The van der Waals surface area contributed by atoms with Crippen molar-refractivity contribution in [3.8, 4) is 0 Å². The maximum absolute atomic E-state index is 12.2. The molecule has 1 aromatic heterocycles. The number of likely N-dealkylation sites (N-methyl/N-ethyl adjacent to an activating group) is 1. The Balaban J connectivity index is 2.04. The molecule has 1 amide bonds. The summed E-state index contributed by atoms with van der Waals surface area (Å²) in [6.07, 6.45) is 0.896. The van der Waals surface area contributed by atoms with Crippen LogP contribution in [0.3, 0.4) is 0 Å². The normalized spacial score (nSPS) is 10.8. The van der Waals surface area contributed by atoms with E-state index in [4.69, 9.17) is 5.11 Å². The molecular formula is C16H20N2O3. The second-order valence-corrected chi connectivity index (χ2v) is 5.26. The van der Waals surface area contributed by atoms with E-state index >= 15 is 0 Å². The molecule has 0 aliphatic carbocycles. The van der Waals surface area contributed by atoms with Crippen LogP contribution in [0.5, 0.6) is 0 Å². The van der Waals surface area contributed by atoms with Gasteiger partial charge in [0.05, 0.1) is 6.42 Å². The van der Waals surface area contributed by atoms with E-state index in [1.165, 1.54) is 0 Å². The Morgan fingerprint density at radius 2 is 2.00 bits per heavy atom. The number of nitrogens with zero attached hydrogens (tertiary/aromatic N) is 1. The van der Waals surface area contributed by atoms with Crippen molar-refractivity contribution >= 4 is 22.8 Å². The number of benzene rings is 1. The van der Waals surface area contributed by atoms with Gasteiger partial charge in [-0.3, -0.25) is 9.59 Å². The van der Waals surface area contributed by atoms with Gasteiger partial charge < -0.3 is 15.0 Å². The first kappa shape index (κ1) is 15.1. The molecule has 1 heterocycles. The molecule has 2 rings (SSSR count). The number of rotatable bonds is 6. The van der Waals surface area contributed by atoms with Crippen molar-refractivity contribution in [3.05, 3.63) is 35.5 Å². The van der Waals surface area contributed by atoms with Gasteiger partial charge in [0.15, 0.2) is 0 Å². The number of aryl methyl sites for hydroxylation is 1. The van der Waals surface area contributed by atoms with E-state index in [0.29, 0.717) is 19.4 Å². The molecule has 2 N–H and O–H groups in total. The molecular weight excluding hydrogens is 268 g/mol. The monoisotopic (exact) mass is 288 g/mol.